The topological polar surface area (TPSA) is 27.2 Å². The number of pyridine rings is 1. The van der Waals surface area contributed by atoms with E-state index in [1.807, 2.05) is 0 Å². The molecule has 0 fully saturated rings. The minimum absolute atomic E-state index is 0.983. The van der Waals surface area contributed by atoms with Crippen LogP contribution in [0.15, 0.2) is 158 Å². The third-order valence-electron chi connectivity index (χ3n) is 9.98. The van der Waals surface area contributed by atoms with E-state index in [2.05, 4.69) is 171 Å². The number of rotatable bonds is 2. The van der Waals surface area contributed by atoms with Crippen molar-refractivity contribution >= 4 is 82.0 Å². The quantitative estimate of drug-likeness (QED) is 0.182. The first-order valence-corrected chi connectivity index (χ1v) is 16.1. The van der Waals surface area contributed by atoms with Gasteiger partial charge in [0.25, 0.3) is 0 Å². The number of fused-ring (bicyclic) bond motifs is 16. The van der Waals surface area contributed by atoms with E-state index < -0.39 is 0 Å². The van der Waals surface area contributed by atoms with Crippen LogP contribution in [0.4, 0.5) is 0 Å². The molecule has 0 aliphatic rings. The van der Waals surface area contributed by atoms with Crippen molar-refractivity contribution in [2.24, 2.45) is 0 Å². The molecule has 0 bridgehead atoms. The van der Waals surface area contributed by atoms with Gasteiger partial charge in [0, 0.05) is 43.7 Å². The summed E-state index contributed by atoms with van der Waals surface area (Å²) in [6, 6.07) is 56.8. The number of para-hydroxylation sites is 6. The van der Waals surface area contributed by atoms with E-state index in [-0.39, 0.29) is 0 Å². The van der Waals surface area contributed by atoms with E-state index in [1.165, 1.54) is 59.8 Å². The minimum Gasteiger partial charge on any atom is -0.309 e. The fraction of sp³-hybridized carbons (Fsp3) is 0. The summed E-state index contributed by atoms with van der Waals surface area (Å²) in [5.74, 6) is 0. The van der Waals surface area contributed by atoms with Crippen molar-refractivity contribution in [1.29, 1.82) is 0 Å². The van der Waals surface area contributed by atoms with Gasteiger partial charge in [-0.1, -0.05) is 97.1 Å². The average Bonchev–Trinajstić information content (AvgIpc) is 3.80. The molecule has 0 amide bonds. The maximum absolute atomic E-state index is 5.38. The molecule has 7 aromatic carbocycles. The number of aromatic nitrogens is 4. The molecule has 0 saturated carbocycles. The predicted octanol–water partition coefficient (Wildman–Crippen LogP) is 11.0. The Morgan fingerprint density at radius 3 is 1.68 bits per heavy atom. The monoisotopic (exact) mass is 598 g/mol. The number of hydrogen-bond acceptors (Lipinski definition) is 1. The Hall–Kier alpha value is -6.39. The second-order valence-corrected chi connectivity index (χ2v) is 12.4. The Bertz CT molecular complexity index is 3050. The van der Waals surface area contributed by atoms with Crippen LogP contribution in [0, 0.1) is 0 Å². The van der Waals surface area contributed by atoms with Crippen molar-refractivity contribution in [2.45, 2.75) is 0 Å². The van der Waals surface area contributed by atoms with Crippen LogP contribution in [-0.4, -0.2) is 18.5 Å². The third kappa shape index (κ3) is 3.19. The highest BCUT2D eigenvalue weighted by Crippen LogP contribution is 2.45. The molecular weight excluding hydrogens is 573 g/mol. The van der Waals surface area contributed by atoms with Gasteiger partial charge in [0.2, 0.25) is 0 Å². The number of benzene rings is 7. The van der Waals surface area contributed by atoms with Gasteiger partial charge >= 0.3 is 0 Å². The lowest BCUT2D eigenvalue weighted by molar-refractivity contribution is 1.18. The van der Waals surface area contributed by atoms with E-state index in [9.17, 15) is 0 Å². The normalized spacial score (nSPS) is 12.3. The van der Waals surface area contributed by atoms with Crippen LogP contribution in [-0.2, 0) is 0 Å². The molecule has 0 saturated heterocycles. The lowest BCUT2D eigenvalue weighted by Crippen LogP contribution is -1.98. The van der Waals surface area contributed by atoms with Crippen molar-refractivity contribution in [2.75, 3.05) is 0 Å². The molecule has 0 unspecified atom stereocenters. The minimum atomic E-state index is 0.983. The second kappa shape index (κ2) is 9.09. The first-order valence-electron chi connectivity index (χ1n) is 16.1. The van der Waals surface area contributed by atoms with Gasteiger partial charge in [-0.05, 0) is 66.0 Å². The lowest BCUT2D eigenvalue weighted by atomic mass is 9.99. The molecule has 0 radical (unpaired) electrons. The van der Waals surface area contributed by atoms with Crippen molar-refractivity contribution in [3.63, 3.8) is 0 Å². The summed E-state index contributed by atoms with van der Waals surface area (Å²) in [4.78, 5) is 5.38. The number of nitrogens with zero attached hydrogens (tertiary/aromatic N) is 4. The average molecular weight is 599 g/mol. The first-order chi connectivity index (χ1) is 23.4. The van der Waals surface area contributed by atoms with Gasteiger partial charge in [0.1, 0.15) is 5.65 Å². The van der Waals surface area contributed by atoms with Gasteiger partial charge in [-0.15, -0.1) is 0 Å². The van der Waals surface area contributed by atoms with Gasteiger partial charge in [-0.3, -0.25) is 4.40 Å². The van der Waals surface area contributed by atoms with Crippen LogP contribution < -0.4 is 0 Å². The zero-order valence-electron chi connectivity index (χ0n) is 25.3. The zero-order chi connectivity index (χ0) is 30.6. The Kier molecular flexibility index (Phi) is 4.81. The Morgan fingerprint density at radius 2 is 0.915 bits per heavy atom. The molecule has 11 aromatic rings. The molecule has 0 spiro atoms. The van der Waals surface area contributed by atoms with E-state index in [0.29, 0.717) is 0 Å². The zero-order valence-corrected chi connectivity index (χ0v) is 25.3. The highest BCUT2D eigenvalue weighted by Gasteiger charge is 2.24. The van der Waals surface area contributed by atoms with Crippen LogP contribution in [0.1, 0.15) is 0 Å². The molecular formula is C43H26N4. The summed E-state index contributed by atoms with van der Waals surface area (Å²) in [5, 5.41) is 8.55. The van der Waals surface area contributed by atoms with E-state index in [0.717, 1.165) is 33.6 Å². The molecule has 218 valence electrons. The van der Waals surface area contributed by atoms with Crippen LogP contribution in [0.25, 0.3) is 93.3 Å². The largest absolute Gasteiger partial charge is 0.309 e. The van der Waals surface area contributed by atoms with Crippen LogP contribution >= 0.6 is 0 Å². The molecule has 4 heterocycles. The maximum atomic E-state index is 5.38. The molecule has 0 aliphatic carbocycles. The van der Waals surface area contributed by atoms with E-state index in [4.69, 9.17) is 4.98 Å². The molecule has 4 heteroatoms. The Labute approximate surface area is 268 Å². The van der Waals surface area contributed by atoms with E-state index >= 15 is 0 Å². The molecule has 11 rings (SSSR count). The fourth-order valence-electron chi connectivity index (χ4n) is 8.14. The summed E-state index contributed by atoms with van der Waals surface area (Å²) in [7, 11) is 0. The summed E-state index contributed by atoms with van der Waals surface area (Å²) >= 11 is 0. The van der Waals surface area contributed by atoms with Crippen LogP contribution in [0.3, 0.4) is 0 Å². The Morgan fingerprint density at radius 1 is 0.340 bits per heavy atom. The van der Waals surface area contributed by atoms with Gasteiger partial charge in [0.15, 0.2) is 0 Å². The Balaban J connectivity index is 1.48. The van der Waals surface area contributed by atoms with Crippen molar-refractivity contribution in [1.82, 2.24) is 18.5 Å². The van der Waals surface area contributed by atoms with Gasteiger partial charge in [-0.25, -0.2) is 4.98 Å². The molecule has 47 heavy (non-hydrogen) atoms. The smallest absolute Gasteiger partial charge is 0.147 e. The summed E-state index contributed by atoms with van der Waals surface area (Å²) in [6.45, 7) is 0. The lowest BCUT2D eigenvalue weighted by Gasteiger charge is -2.15. The third-order valence-corrected chi connectivity index (χ3v) is 9.98. The first kappa shape index (κ1) is 24.9. The van der Waals surface area contributed by atoms with Gasteiger partial charge in [-0.2, -0.15) is 0 Å². The maximum Gasteiger partial charge on any atom is 0.147 e. The van der Waals surface area contributed by atoms with Crippen molar-refractivity contribution in [3.05, 3.63) is 158 Å². The standard InChI is InChI=1S/C43H26N4/c1-3-13-27(14-4-1)45-35-21-11-8-18-31(35)39-37(45)26-24-32-40-38(47-36-22-12-9-19-33(36)44-43(47)41(32)39)25-23-30-29-17-7-10-20-34(29)46(42(30)40)28-15-5-2-6-16-28/h1-26H. The SMILES string of the molecule is c1ccc(-n2c3ccccc3c3c4c(ccc32)c2c3c(ccc2n2c5ccccc5nc42)c2ccccc2n3-c2ccccc2)cc1. The molecule has 4 nitrogen and oxygen atoms in total. The second-order valence-electron chi connectivity index (χ2n) is 12.4. The van der Waals surface area contributed by atoms with Crippen LogP contribution in [0.2, 0.25) is 0 Å². The molecule has 0 atom stereocenters. The summed E-state index contributed by atoms with van der Waals surface area (Å²) in [6.07, 6.45) is 0. The van der Waals surface area contributed by atoms with Crippen molar-refractivity contribution < 1.29 is 0 Å². The van der Waals surface area contributed by atoms with Gasteiger partial charge < -0.3 is 9.13 Å². The van der Waals surface area contributed by atoms with Crippen LogP contribution in [0.5, 0.6) is 0 Å². The van der Waals surface area contributed by atoms with E-state index in [1.54, 1.807) is 0 Å². The highest BCUT2D eigenvalue weighted by atomic mass is 15.0. The van der Waals surface area contributed by atoms with Crippen molar-refractivity contribution in [3.8, 4) is 11.4 Å². The number of imidazole rings is 1. The van der Waals surface area contributed by atoms with Gasteiger partial charge in [0.05, 0.1) is 38.6 Å². The summed E-state index contributed by atoms with van der Waals surface area (Å²) < 4.78 is 7.25. The molecule has 4 aromatic heterocycles. The molecule has 0 aliphatic heterocycles. The molecule has 0 N–H and O–H groups in total. The summed E-state index contributed by atoms with van der Waals surface area (Å²) in [5.41, 5.74) is 11.3. The predicted molar refractivity (Wildman–Crippen MR) is 196 cm³/mol. The number of hydrogen-bond donors (Lipinski definition) is 0. The highest BCUT2D eigenvalue weighted by molar-refractivity contribution is 6.34. The fourth-order valence-corrected chi connectivity index (χ4v) is 8.14.